The zero-order valence-corrected chi connectivity index (χ0v) is 18.5. The number of amides is 1. The summed E-state index contributed by atoms with van der Waals surface area (Å²) < 4.78 is 0. The number of halogens is 1. The zero-order valence-electron chi connectivity index (χ0n) is 17.7. The van der Waals surface area contributed by atoms with Crippen molar-refractivity contribution >= 4 is 40.4 Å². The van der Waals surface area contributed by atoms with Crippen LogP contribution in [0.5, 0.6) is 0 Å². The van der Waals surface area contributed by atoms with Crippen LogP contribution in [0.3, 0.4) is 0 Å². The quantitative estimate of drug-likeness (QED) is 0.498. The molecule has 2 atom stereocenters. The molecule has 7 nitrogen and oxygen atoms in total. The fourth-order valence-electron chi connectivity index (χ4n) is 4.49. The summed E-state index contributed by atoms with van der Waals surface area (Å²) in [5.74, 6) is -1.83. The van der Waals surface area contributed by atoms with Gasteiger partial charge >= 0.3 is 0 Å². The molecule has 1 amide bonds. The van der Waals surface area contributed by atoms with Crippen LogP contribution in [0.25, 0.3) is 0 Å². The first-order valence-electron chi connectivity index (χ1n) is 10.4. The Bertz CT molecular complexity index is 1200. The molecule has 2 aromatic carbocycles. The van der Waals surface area contributed by atoms with E-state index in [0.29, 0.717) is 47.5 Å². The predicted octanol–water partition coefficient (Wildman–Crippen LogP) is 5.38. The molecule has 0 spiro atoms. The highest BCUT2D eigenvalue weighted by molar-refractivity contribution is 6.32. The van der Waals surface area contributed by atoms with E-state index < -0.39 is 16.8 Å². The number of nitro benzene ring substituents is 1. The van der Waals surface area contributed by atoms with E-state index in [1.165, 1.54) is 12.1 Å². The number of aryl methyl sites for hydroxylation is 1. The lowest BCUT2D eigenvalue weighted by atomic mass is 9.71. The lowest BCUT2D eigenvalue weighted by Crippen LogP contribution is -2.39. The number of anilines is 1. The number of hydrogen-bond acceptors (Lipinski definition) is 5. The summed E-state index contributed by atoms with van der Waals surface area (Å²) in [5.41, 5.74) is 3.53. The Balaban J connectivity index is 1.84. The van der Waals surface area contributed by atoms with Crippen LogP contribution >= 0.6 is 11.6 Å². The Labute approximate surface area is 190 Å². The molecule has 2 aromatic rings. The van der Waals surface area contributed by atoms with Crippen LogP contribution in [-0.2, 0) is 9.59 Å². The number of allylic oxidation sites excluding steroid dienone is 2. The van der Waals surface area contributed by atoms with Crippen molar-refractivity contribution in [2.24, 2.45) is 10.9 Å². The lowest BCUT2D eigenvalue weighted by Gasteiger charge is -2.35. The summed E-state index contributed by atoms with van der Waals surface area (Å²) in [6, 6.07) is 11.9. The number of benzene rings is 2. The van der Waals surface area contributed by atoms with Crippen LogP contribution in [0, 0.1) is 23.0 Å². The van der Waals surface area contributed by atoms with Gasteiger partial charge in [0.05, 0.1) is 10.8 Å². The molecule has 0 bridgehead atoms. The van der Waals surface area contributed by atoms with E-state index in [2.05, 4.69) is 10.3 Å². The third-order valence-corrected chi connectivity index (χ3v) is 6.37. The topological polar surface area (TPSA) is 102 Å². The van der Waals surface area contributed by atoms with Gasteiger partial charge in [-0.25, -0.2) is 0 Å². The Hall–Kier alpha value is -3.32. The van der Waals surface area contributed by atoms with Crippen molar-refractivity contribution in [1.29, 1.82) is 0 Å². The van der Waals surface area contributed by atoms with Gasteiger partial charge in [-0.05, 0) is 49.9 Å². The number of carbonyl (C=O) groups excluding carboxylic acids is 2. The van der Waals surface area contributed by atoms with Crippen molar-refractivity contribution in [2.75, 3.05) is 5.32 Å². The smallest absolute Gasteiger partial charge is 0.288 e. The summed E-state index contributed by atoms with van der Waals surface area (Å²) >= 11 is 6.02. The molecule has 1 heterocycles. The van der Waals surface area contributed by atoms with Gasteiger partial charge in [0, 0.05) is 41.1 Å². The van der Waals surface area contributed by atoms with Crippen LogP contribution in [0.1, 0.15) is 43.2 Å². The second-order valence-electron chi connectivity index (χ2n) is 8.12. The van der Waals surface area contributed by atoms with E-state index >= 15 is 0 Å². The third kappa shape index (κ3) is 3.96. The average Bonchev–Trinajstić information content (AvgIpc) is 2.74. The third-order valence-electron chi connectivity index (χ3n) is 6.05. The summed E-state index contributed by atoms with van der Waals surface area (Å²) in [5, 5.41) is 14.5. The average molecular weight is 452 g/mol. The van der Waals surface area contributed by atoms with Crippen molar-refractivity contribution < 1.29 is 14.5 Å². The molecule has 0 saturated heterocycles. The molecule has 0 radical (unpaired) electrons. The highest BCUT2D eigenvalue weighted by Crippen LogP contribution is 2.45. The number of rotatable bonds is 4. The number of para-hydroxylation sites is 1. The summed E-state index contributed by atoms with van der Waals surface area (Å²) in [6.07, 6.45) is 1.70. The van der Waals surface area contributed by atoms with Gasteiger partial charge in [0.1, 0.15) is 5.02 Å². The highest BCUT2D eigenvalue weighted by atomic mass is 35.5. The Morgan fingerprint density at radius 1 is 1.19 bits per heavy atom. The van der Waals surface area contributed by atoms with Crippen molar-refractivity contribution in [3.05, 3.63) is 80.0 Å². The number of ketones is 1. The van der Waals surface area contributed by atoms with E-state index in [-0.39, 0.29) is 22.4 Å². The fourth-order valence-corrected chi connectivity index (χ4v) is 4.68. The largest absolute Gasteiger partial charge is 0.325 e. The minimum absolute atomic E-state index is 0.00466. The molecule has 2 aliphatic rings. The maximum Gasteiger partial charge on any atom is 0.288 e. The van der Waals surface area contributed by atoms with Gasteiger partial charge in [-0.2, -0.15) is 0 Å². The van der Waals surface area contributed by atoms with Gasteiger partial charge in [-0.3, -0.25) is 24.7 Å². The fraction of sp³-hybridized carbons (Fsp3) is 0.292. The van der Waals surface area contributed by atoms with Crippen LogP contribution < -0.4 is 5.32 Å². The molecule has 1 unspecified atom stereocenters. The normalized spacial score (nSPS) is 20.5. The van der Waals surface area contributed by atoms with Crippen LogP contribution in [0.2, 0.25) is 5.02 Å². The molecule has 8 heteroatoms. The van der Waals surface area contributed by atoms with Gasteiger partial charge < -0.3 is 5.32 Å². The molecule has 0 fully saturated rings. The van der Waals surface area contributed by atoms with Crippen molar-refractivity contribution in [3.63, 3.8) is 0 Å². The summed E-state index contributed by atoms with van der Waals surface area (Å²) in [7, 11) is 0. The first kappa shape index (κ1) is 21.9. The lowest BCUT2D eigenvalue weighted by molar-refractivity contribution is -0.384. The molecule has 164 valence electrons. The van der Waals surface area contributed by atoms with Crippen molar-refractivity contribution in [2.45, 2.75) is 39.0 Å². The van der Waals surface area contributed by atoms with E-state index in [9.17, 15) is 19.7 Å². The number of nitrogens with one attached hydrogen (secondary N) is 1. The maximum absolute atomic E-state index is 13.5. The molecular weight excluding hydrogens is 430 g/mol. The van der Waals surface area contributed by atoms with Gasteiger partial charge in [0.25, 0.3) is 5.69 Å². The number of nitrogens with zero attached hydrogens (tertiary/aromatic N) is 2. The second kappa shape index (κ2) is 8.67. The van der Waals surface area contributed by atoms with E-state index in [1.807, 2.05) is 25.1 Å². The number of aliphatic imine (C=N–C) groups is 1. The molecule has 1 aliphatic carbocycles. The van der Waals surface area contributed by atoms with Crippen molar-refractivity contribution in [1.82, 2.24) is 0 Å². The minimum Gasteiger partial charge on any atom is -0.325 e. The number of nitro groups is 1. The second-order valence-corrected chi connectivity index (χ2v) is 8.52. The summed E-state index contributed by atoms with van der Waals surface area (Å²) in [4.78, 5) is 42.0. The van der Waals surface area contributed by atoms with E-state index in [1.54, 1.807) is 19.1 Å². The van der Waals surface area contributed by atoms with Gasteiger partial charge in [-0.15, -0.1) is 0 Å². The number of hydrogen-bond donors (Lipinski definition) is 1. The standard InChI is InChI=1S/C24H22ClN3O4/c1-13-6-3-4-7-17(13)27-24(30)21-14(2)26-18-8-5-9-20(29)23(18)22(21)15-10-11-16(25)19(12-15)28(31)32/h3-4,6-7,10-12,21-22H,5,8-9H2,1-2H3,(H,27,30)/t21?,22-/m0/s1. The first-order chi connectivity index (χ1) is 15.3. The van der Waals surface area contributed by atoms with Gasteiger partial charge in [0.2, 0.25) is 5.91 Å². The van der Waals surface area contributed by atoms with E-state index in [4.69, 9.17) is 11.6 Å². The SMILES string of the molecule is CC1=NC2=C(C(=O)CCC2)[C@@H](c2ccc(Cl)c([N+](=O)[O-])c2)C1C(=O)Nc1ccccc1C. The summed E-state index contributed by atoms with van der Waals surface area (Å²) in [6.45, 7) is 3.66. The monoisotopic (exact) mass is 451 g/mol. The predicted molar refractivity (Wildman–Crippen MR) is 123 cm³/mol. The minimum atomic E-state index is -0.781. The maximum atomic E-state index is 13.5. The van der Waals surface area contributed by atoms with Gasteiger partial charge in [-0.1, -0.05) is 35.9 Å². The number of Topliss-reactive ketones (excluding diaryl/α,β-unsaturated/α-hetero) is 1. The molecular formula is C24H22ClN3O4. The Morgan fingerprint density at radius 3 is 2.66 bits per heavy atom. The molecule has 1 aliphatic heterocycles. The molecule has 0 saturated carbocycles. The van der Waals surface area contributed by atoms with E-state index in [0.717, 1.165) is 5.56 Å². The van der Waals surface area contributed by atoms with Crippen molar-refractivity contribution in [3.8, 4) is 0 Å². The molecule has 32 heavy (non-hydrogen) atoms. The molecule has 1 N–H and O–H groups in total. The van der Waals surface area contributed by atoms with Crippen LogP contribution in [-0.4, -0.2) is 22.3 Å². The van der Waals surface area contributed by atoms with Crippen LogP contribution in [0.4, 0.5) is 11.4 Å². The van der Waals surface area contributed by atoms with Crippen LogP contribution in [0.15, 0.2) is 58.7 Å². The Kier molecular flexibility index (Phi) is 5.93. The van der Waals surface area contributed by atoms with Gasteiger partial charge in [0.15, 0.2) is 5.78 Å². The highest BCUT2D eigenvalue weighted by Gasteiger charge is 2.43. The molecule has 0 aromatic heterocycles. The first-order valence-corrected chi connectivity index (χ1v) is 10.8. The molecule has 4 rings (SSSR count). The zero-order chi connectivity index (χ0) is 23.0. The Morgan fingerprint density at radius 2 is 1.94 bits per heavy atom. The number of carbonyl (C=O) groups is 2.